The lowest BCUT2D eigenvalue weighted by atomic mass is 10.2. The van der Waals surface area contributed by atoms with Gasteiger partial charge in [0.2, 0.25) is 0 Å². The zero-order valence-corrected chi connectivity index (χ0v) is 15.2. The maximum absolute atomic E-state index is 6.26. The van der Waals surface area contributed by atoms with Gasteiger partial charge in [0.25, 0.3) is 0 Å². The van der Waals surface area contributed by atoms with Crippen LogP contribution in [0, 0.1) is 0 Å². The smallest absolute Gasteiger partial charge is 0.163 e. The number of nitrogens with two attached hydrogens (primary N) is 1. The van der Waals surface area contributed by atoms with Crippen molar-refractivity contribution in [1.29, 1.82) is 0 Å². The van der Waals surface area contributed by atoms with E-state index in [1.54, 1.807) is 0 Å². The normalized spacial score (nSPS) is 12.7. The highest BCUT2D eigenvalue weighted by molar-refractivity contribution is 7.99. The summed E-state index contributed by atoms with van der Waals surface area (Å²) >= 11 is 7.37. The Hall–Kier alpha value is -2.64. The van der Waals surface area contributed by atoms with E-state index in [4.69, 9.17) is 26.8 Å². The van der Waals surface area contributed by atoms with Crippen molar-refractivity contribution in [2.24, 2.45) is 0 Å². The highest BCUT2D eigenvalue weighted by Crippen LogP contribution is 2.36. The molecule has 6 nitrogen and oxygen atoms in total. The van der Waals surface area contributed by atoms with Crippen molar-refractivity contribution >= 4 is 40.6 Å². The molecule has 0 saturated carbocycles. The van der Waals surface area contributed by atoms with E-state index in [0.717, 1.165) is 16.3 Å². The quantitative estimate of drug-likeness (QED) is 0.644. The van der Waals surface area contributed by atoms with E-state index >= 15 is 0 Å². The van der Waals surface area contributed by atoms with Crippen molar-refractivity contribution in [3.8, 4) is 11.5 Å². The first-order valence-corrected chi connectivity index (χ1v) is 9.09. The maximum Gasteiger partial charge on any atom is 0.163 e. The monoisotopic (exact) mass is 386 g/mol. The van der Waals surface area contributed by atoms with Gasteiger partial charge in [0.15, 0.2) is 17.3 Å². The van der Waals surface area contributed by atoms with Crippen LogP contribution in [0.2, 0.25) is 5.02 Å². The van der Waals surface area contributed by atoms with E-state index in [1.807, 2.05) is 42.5 Å². The van der Waals surface area contributed by atoms with E-state index in [-0.39, 0.29) is 0 Å². The van der Waals surface area contributed by atoms with Gasteiger partial charge in [0, 0.05) is 21.7 Å². The van der Waals surface area contributed by atoms with Crippen molar-refractivity contribution in [3.63, 3.8) is 0 Å². The summed E-state index contributed by atoms with van der Waals surface area (Å²) in [5.74, 6) is 1.97. The van der Waals surface area contributed by atoms with Gasteiger partial charge in [-0.3, -0.25) is 0 Å². The highest BCUT2D eigenvalue weighted by atomic mass is 35.5. The number of hydrogen-bond donors (Lipinski definition) is 2. The van der Waals surface area contributed by atoms with Crippen LogP contribution in [0.15, 0.2) is 58.7 Å². The Balaban J connectivity index is 1.56. The Bertz CT molecular complexity index is 937. The number of fused-ring (bicyclic) bond motifs is 1. The van der Waals surface area contributed by atoms with Gasteiger partial charge in [0.1, 0.15) is 30.3 Å². The van der Waals surface area contributed by atoms with Crippen molar-refractivity contribution < 1.29 is 9.47 Å². The molecule has 0 amide bonds. The van der Waals surface area contributed by atoms with Crippen LogP contribution in [-0.2, 0) is 0 Å². The first kappa shape index (κ1) is 16.8. The average molecular weight is 387 g/mol. The van der Waals surface area contributed by atoms with Gasteiger partial charge in [-0.2, -0.15) is 0 Å². The number of rotatable bonds is 4. The van der Waals surface area contributed by atoms with Crippen LogP contribution >= 0.6 is 23.4 Å². The summed E-state index contributed by atoms with van der Waals surface area (Å²) in [4.78, 5) is 9.52. The van der Waals surface area contributed by atoms with Crippen molar-refractivity contribution in [2.75, 3.05) is 24.3 Å². The van der Waals surface area contributed by atoms with Crippen LogP contribution < -0.4 is 20.5 Å². The summed E-state index contributed by atoms with van der Waals surface area (Å²) in [5, 5.41) is 4.57. The molecule has 1 aliphatic heterocycles. The Morgan fingerprint density at radius 1 is 1.00 bits per heavy atom. The molecule has 0 atom stereocenters. The van der Waals surface area contributed by atoms with E-state index < -0.39 is 0 Å². The highest BCUT2D eigenvalue weighted by Gasteiger charge is 2.14. The lowest BCUT2D eigenvalue weighted by Crippen LogP contribution is -2.15. The van der Waals surface area contributed by atoms with Gasteiger partial charge in [0.05, 0.1) is 0 Å². The first-order valence-electron chi connectivity index (χ1n) is 7.89. The molecule has 0 unspecified atom stereocenters. The molecule has 8 heteroatoms. The zero-order chi connectivity index (χ0) is 17.9. The number of anilines is 3. The third kappa shape index (κ3) is 3.63. The minimum Gasteiger partial charge on any atom is -0.486 e. The summed E-state index contributed by atoms with van der Waals surface area (Å²) in [6.45, 7) is 1.10. The first-order chi connectivity index (χ1) is 12.7. The zero-order valence-electron chi connectivity index (χ0n) is 13.6. The van der Waals surface area contributed by atoms with Gasteiger partial charge in [-0.1, -0.05) is 23.4 Å². The molecular formula is C18H15ClN4O2S. The number of hydrogen-bond acceptors (Lipinski definition) is 7. The van der Waals surface area contributed by atoms with Gasteiger partial charge in [-0.15, -0.1) is 0 Å². The topological polar surface area (TPSA) is 82.3 Å². The molecule has 4 rings (SSSR count). The van der Waals surface area contributed by atoms with Crippen LogP contribution in [0.1, 0.15) is 0 Å². The maximum atomic E-state index is 6.26. The molecule has 0 saturated heterocycles. The molecule has 0 aliphatic carbocycles. The summed E-state index contributed by atoms with van der Waals surface area (Å²) in [6.07, 6.45) is 1.48. The minimum absolute atomic E-state index is 0.474. The number of nitrogens with one attached hydrogen (secondary N) is 1. The number of halogens is 1. The van der Waals surface area contributed by atoms with Crippen LogP contribution in [0.25, 0.3) is 0 Å². The second kappa shape index (κ2) is 7.31. The standard InChI is InChI=1S/C18H15ClN4O2S/c19-11-1-4-13(5-2-11)26-18-16(20)17(21-10-22-18)23-12-3-6-14-15(9-12)25-8-7-24-14/h1-6,9-10H,7-8,20H2,(H,21,22,23). The Morgan fingerprint density at radius 2 is 1.77 bits per heavy atom. The van der Waals surface area contributed by atoms with Gasteiger partial charge < -0.3 is 20.5 Å². The van der Waals surface area contributed by atoms with E-state index in [0.29, 0.717) is 40.5 Å². The van der Waals surface area contributed by atoms with Crippen molar-refractivity contribution in [2.45, 2.75) is 9.92 Å². The second-order valence-electron chi connectivity index (χ2n) is 5.48. The lowest BCUT2D eigenvalue weighted by molar-refractivity contribution is 0.171. The molecule has 0 radical (unpaired) electrons. The molecule has 1 aromatic heterocycles. The van der Waals surface area contributed by atoms with E-state index in [1.165, 1.54) is 18.1 Å². The molecule has 0 fully saturated rings. The number of aromatic nitrogens is 2. The van der Waals surface area contributed by atoms with Gasteiger partial charge in [-0.05, 0) is 36.4 Å². The molecule has 2 aromatic carbocycles. The summed E-state index contributed by atoms with van der Waals surface area (Å²) in [5.41, 5.74) is 7.54. The van der Waals surface area contributed by atoms with Gasteiger partial charge >= 0.3 is 0 Å². The fraction of sp³-hybridized carbons (Fsp3) is 0.111. The summed E-state index contributed by atoms with van der Waals surface area (Å²) in [7, 11) is 0. The largest absolute Gasteiger partial charge is 0.486 e. The molecule has 2 heterocycles. The molecule has 3 N–H and O–H groups in total. The number of nitrogen functional groups attached to an aromatic ring is 1. The van der Waals surface area contributed by atoms with Gasteiger partial charge in [-0.25, -0.2) is 9.97 Å². The van der Waals surface area contributed by atoms with Crippen LogP contribution in [-0.4, -0.2) is 23.2 Å². The molecular weight excluding hydrogens is 372 g/mol. The van der Waals surface area contributed by atoms with Crippen LogP contribution in [0.4, 0.5) is 17.2 Å². The van der Waals surface area contributed by atoms with Crippen LogP contribution in [0.5, 0.6) is 11.5 Å². The summed E-state index contributed by atoms with van der Waals surface area (Å²) < 4.78 is 11.1. The van der Waals surface area contributed by atoms with E-state index in [2.05, 4.69) is 15.3 Å². The number of benzene rings is 2. The number of nitrogens with zero attached hydrogens (tertiary/aromatic N) is 2. The Labute approximate surface area is 159 Å². The van der Waals surface area contributed by atoms with Crippen LogP contribution in [0.3, 0.4) is 0 Å². The van der Waals surface area contributed by atoms with Crippen molar-refractivity contribution in [3.05, 3.63) is 53.8 Å². The predicted molar refractivity (Wildman–Crippen MR) is 103 cm³/mol. The van der Waals surface area contributed by atoms with Crippen molar-refractivity contribution in [1.82, 2.24) is 9.97 Å². The molecule has 132 valence electrons. The lowest BCUT2D eigenvalue weighted by Gasteiger charge is -2.19. The molecule has 0 bridgehead atoms. The molecule has 26 heavy (non-hydrogen) atoms. The molecule has 3 aromatic rings. The Morgan fingerprint density at radius 3 is 2.58 bits per heavy atom. The minimum atomic E-state index is 0.474. The fourth-order valence-electron chi connectivity index (χ4n) is 2.43. The molecule has 1 aliphatic rings. The fourth-order valence-corrected chi connectivity index (χ4v) is 3.36. The number of ether oxygens (including phenoxy) is 2. The Kier molecular flexibility index (Phi) is 4.73. The SMILES string of the molecule is Nc1c(Nc2ccc3c(c2)OCCO3)ncnc1Sc1ccc(Cl)cc1. The third-order valence-corrected chi connectivity index (χ3v) is 4.96. The predicted octanol–water partition coefficient (Wildman–Crippen LogP) is 4.38. The van der Waals surface area contributed by atoms with E-state index in [9.17, 15) is 0 Å². The summed E-state index contributed by atoms with van der Waals surface area (Å²) in [6, 6.07) is 13.1. The average Bonchev–Trinajstić information content (AvgIpc) is 2.67. The third-order valence-electron chi connectivity index (χ3n) is 3.68. The second-order valence-corrected chi connectivity index (χ2v) is 6.98. The molecule has 0 spiro atoms.